The maximum absolute atomic E-state index is 13.5. The number of hydrogen-bond acceptors (Lipinski definition) is 6. The number of thioether (sulfide) groups is 1. The number of fused-ring (bicyclic) bond motifs is 1. The van der Waals surface area contributed by atoms with Gasteiger partial charge in [0.25, 0.3) is 11.8 Å². The summed E-state index contributed by atoms with van der Waals surface area (Å²) in [4.78, 5) is 28.1. The van der Waals surface area contributed by atoms with Crippen LogP contribution in [0.1, 0.15) is 27.8 Å². The van der Waals surface area contributed by atoms with Gasteiger partial charge in [-0.1, -0.05) is 41.5 Å². The monoisotopic (exact) mass is 482 g/mol. The highest BCUT2D eigenvalue weighted by atomic mass is 32.2. The standard InChI is InChI=1S/C27H22N4O3S/c1-15-5-11-22(17(3)12-15)31-26(34)23(14-18-6-8-19(32)9-7-18)35-27(31)30-29-24-20-13-16(2)4-10-21(20)28-25(24)33/h4-14,32H,1-3H3,(H,28,29,33). The zero-order chi connectivity index (χ0) is 24.7. The van der Waals surface area contributed by atoms with E-state index in [4.69, 9.17) is 0 Å². The third-order valence-corrected chi connectivity index (χ3v) is 6.68. The third kappa shape index (κ3) is 4.36. The number of amidine groups is 1. The molecule has 2 heterocycles. The number of aryl methyl sites for hydroxylation is 3. The summed E-state index contributed by atoms with van der Waals surface area (Å²) in [6.45, 7) is 5.88. The quantitative estimate of drug-likeness (QED) is 0.399. The number of rotatable bonds is 3. The molecule has 2 aliphatic heterocycles. The molecule has 0 aromatic heterocycles. The molecule has 0 atom stereocenters. The molecule has 8 heteroatoms. The van der Waals surface area contributed by atoms with Gasteiger partial charge in [-0.05, 0) is 80.1 Å². The summed E-state index contributed by atoms with van der Waals surface area (Å²) in [6.07, 6.45) is 1.75. The molecule has 2 amide bonds. The van der Waals surface area contributed by atoms with Crippen LogP contribution < -0.4 is 10.2 Å². The Balaban J connectivity index is 1.59. The van der Waals surface area contributed by atoms with E-state index in [0.29, 0.717) is 27.0 Å². The van der Waals surface area contributed by atoms with Crippen LogP contribution in [0.4, 0.5) is 11.4 Å². The second kappa shape index (κ2) is 8.88. The van der Waals surface area contributed by atoms with Crippen LogP contribution in [0.5, 0.6) is 5.75 Å². The van der Waals surface area contributed by atoms with Gasteiger partial charge in [-0.2, -0.15) is 0 Å². The van der Waals surface area contributed by atoms with Crippen molar-refractivity contribution in [2.75, 3.05) is 10.2 Å². The molecule has 3 aromatic rings. The highest BCUT2D eigenvalue weighted by Crippen LogP contribution is 2.38. The molecule has 1 saturated heterocycles. The van der Waals surface area contributed by atoms with Crippen molar-refractivity contribution >= 4 is 51.9 Å². The molecule has 0 saturated carbocycles. The predicted octanol–water partition coefficient (Wildman–Crippen LogP) is 5.15. The summed E-state index contributed by atoms with van der Waals surface area (Å²) in [6, 6.07) is 18.1. The Bertz CT molecular complexity index is 1470. The molecule has 0 bridgehead atoms. The molecule has 0 aliphatic carbocycles. The first-order valence-corrected chi connectivity index (χ1v) is 11.8. The van der Waals surface area contributed by atoms with Crippen molar-refractivity contribution in [2.45, 2.75) is 20.8 Å². The van der Waals surface area contributed by atoms with E-state index in [0.717, 1.165) is 22.3 Å². The molecule has 5 rings (SSSR count). The normalized spacial score (nSPS) is 18.6. The molecular formula is C27H22N4O3S. The number of anilines is 2. The molecule has 7 nitrogen and oxygen atoms in total. The van der Waals surface area contributed by atoms with Gasteiger partial charge in [0.2, 0.25) is 5.17 Å². The second-order valence-electron chi connectivity index (χ2n) is 8.47. The van der Waals surface area contributed by atoms with Crippen LogP contribution in [0.2, 0.25) is 0 Å². The van der Waals surface area contributed by atoms with Gasteiger partial charge in [0.1, 0.15) is 5.75 Å². The van der Waals surface area contributed by atoms with Crippen LogP contribution in [0.15, 0.2) is 75.8 Å². The highest BCUT2D eigenvalue weighted by molar-refractivity contribution is 8.19. The zero-order valence-corrected chi connectivity index (χ0v) is 20.2. The smallest absolute Gasteiger partial charge is 0.276 e. The van der Waals surface area contributed by atoms with Crippen molar-refractivity contribution in [1.82, 2.24) is 0 Å². The average molecular weight is 483 g/mol. The summed E-state index contributed by atoms with van der Waals surface area (Å²) in [7, 11) is 0. The number of aromatic hydroxyl groups is 1. The number of phenolic OH excluding ortho intramolecular Hbond substituents is 1. The SMILES string of the molecule is Cc1ccc(N2C(=O)C(=Cc3ccc(O)cc3)SC2=NN=C2C(=O)Nc3ccc(C)cc32)c(C)c1. The number of benzene rings is 3. The van der Waals surface area contributed by atoms with Crippen LogP contribution in [-0.4, -0.2) is 27.8 Å². The first-order chi connectivity index (χ1) is 16.8. The first-order valence-electron chi connectivity index (χ1n) is 11.0. The maximum atomic E-state index is 13.5. The fraction of sp³-hybridized carbons (Fsp3) is 0.111. The largest absolute Gasteiger partial charge is 0.508 e. The molecule has 3 aromatic carbocycles. The maximum Gasteiger partial charge on any atom is 0.276 e. The number of nitrogens with one attached hydrogen (secondary N) is 1. The van der Waals surface area contributed by atoms with Crippen molar-refractivity contribution in [2.24, 2.45) is 10.2 Å². The molecule has 0 spiro atoms. The molecular weight excluding hydrogens is 460 g/mol. The fourth-order valence-electron chi connectivity index (χ4n) is 3.99. The van der Waals surface area contributed by atoms with Crippen molar-refractivity contribution in [3.8, 4) is 5.75 Å². The minimum atomic E-state index is -0.331. The van der Waals surface area contributed by atoms with Crippen LogP contribution in [-0.2, 0) is 9.59 Å². The molecule has 2 N–H and O–H groups in total. The Morgan fingerprint density at radius 2 is 1.63 bits per heavy atom. The summed E-state index contributed by atoms with van der Waals surface area (Å²) in [5.41, 5.74) is 6.06. The zero-order valence-electron chi connectivity index (χ0n) is 19.4. The number of nitrogens with zero attached hydrogens (tertiary/aromatic N) is 3. The fourth-order valence-corrected chi connectivity index (χ4v) is 4.92. The van der Waals surface area contributed by atoms with E-state index in [-0.39, 0.29) is 23.3 Å². The van der Waals surface area contributed by atoms with Gasteiger partial charge in [-0.25, -0.2) is 0 Å². The Hall–Kier alpha value is -4.17. The van der Waals surface area contributed by atoms with Gasteiger partial charge in [-0.15, -0.1) is 10.2 Å². The predicted molar refractivity (Wildman–Crippen MR) is 141 cm³/mol. The van der Waals surface area contributed by atoms with Crippen molar-refractivity contribution < 1.29 is 14.7 Å². The van der Waals surface area contributed by atoms with E-state index < -0.39 is 0 Å². The second-order valence-corrected chi connectivity index (χ2v) is 9.48. The average Bonchev–Trinajstić information content (AvgIpc) is 3.29. The van der Waals surface area contributed by atoms with Crippen LogP contribution >= 0.6 is 11.8 Å². The van der Waals surface area contributed by atoms with Gasteiger partial charge < -0.3 is 10.4 Å². The Morgan fingerprint density at radius 1 is 0.914 bits per heavy atom. The number of carbonyl (C=O) groups is 2. The number of amides is 2. The lowest BCUT2D eigenvalue weighted by Crippen LogP contribution is -2.29. The molecule has 174 valence electrons. The molecule has 0 unspecified atom stereocenters. The number of phenols is 1. The Kier molecular flexibility index (Phi) is 5.74. The van der Waals surface area contributed by atoms with Crippen LogP contribution in [0.25, 0.3) is 6.08 Å². The molecule has 2 aliphatic rings. The van der Waals surface area contributed by atoms with Gasteiger partial charge >= 0.3 is 0 Å². The van der Waals surface area contributed by atoms with Gasteiger partial charge in [0.05, 0.1) is 16.3 Å². The Morgan fingerprint density at radius 3 is 2.37 bits per heavy atom. The summed E-state index contributed by atoms with van der Waals surface area (Å²) < 4.78 is 0. The van der Waals surface area contributed by atoms with E-state index in [1.165, 1.54) is 16.7 Å². The molecule has 1 fully saturated rings. The minimum Gasteiger partial charge on any atom is -0.508 e. The third-order valence-electron chi connectivity index (χ3n) is 5.72. The van der Waals surface area contributed by atoms with Crippen molar-refractivity contribution in [3.05, 3.63) is 93.4 Å². The topological polar surface area (TPSA) is 94.4 Å². The highest BCUT2D eigenvalue weighted by Gasteiger charge is 2.36. The lowest BCUT2D eigenvalue weighted by Gasteiger charge is -2.17. The minimum absolute atomic E-state index is 0.151. The van der Waals surface area contributed by atoms with E-state index in [9.17, 15) is 14.7 Å². The van der Waals surface area contributed by atoms with Gasteiger partial charge in [-0.3, -0.25) is 14.5 Å². The van der Waals surface area contributed by atoms with Crippen LogP contribution in [0, 0.1) is 20.8 Å². The number of hydrogen-bond donors (Lipinski definition) is 2. The summed E-state index contributed by atoms with van der Waals surface area (Å²) in [5.74, 6) is -0.416. The van der Waals surface area contributed by atoms with Crippen LogP contribution in [0.3, 0.4) is 0 Å². The van der Waals surface area contributed by atoms with E-state index in [2.05, 4.69) is 15.5 Å². The van der Waals surface area contributed by atoms with E-state index in [1.807, 2.05) is 57.2 Å². The molecule has 0 radical (unpaired) electrons. The summed E-state index contributed by atoms with van der Waals surface area (Å²) in [5, 5.41) is 21.4. The lowest BCUT2D eigenvalue weighted by molar-refractivity contribution is -0.113. The Labute approximate surface area is 206 Å². The van der Waals surface area contributed by atoms with E-state index in [1.54, 1.807) is 30.3 Å². The number of carbonyl (C=O) groups excluding carboxylic acids is 2. The van der Waals surface area contributed by atoms with E-state index >= 15 is 0 Å². The first kappa shape index (κ1) is 22.6. The lowest BCUT2D eigenvalue weighted by atomic mass is 10.1. The van der Waals surface area contributed by atoms with Crippen molar-refractivity contribution in [3.63, 3.8) is 0 Å². The van der Waals surface area contributed by atoms with Gasteiger partial charge in [0.15, 0.2) is 5.71 Å². The van der Waals surface area contributed by atoms with Crippen molar-refractivity contribution in [1.29, 1.82) is 0 Å². The molecule has 35 heavy (non-hydrogen) atoms. The van der Waals surface area contributed by atoms with Gasteiger partial charge in [0, 0.05) is 5.56 Å². The summed E-state index contributed by atoms with van der Waals surface area (Å²) >= 11 is 1.19.